The number of halogens is 1. The molecule has 0 spiro atoms. The van der Waals surface area contributed by atoms with E-state index >= 15 is 0 Å². The fourth-order valence-electron chi connectivity index (χ4n) is 1.05. The molecule has 1 aromatic carbocycles. The van der Waals surface area contributed by atoms with E-state index < -0.39 is 0 Å². The van der Waals surface area contributed by atoms with Gasteiger partial charge in [-0.2, -0.15) is 0 Å². The van der Waals surface area contributed by atoms with Crippen LogP contribution in [0.25, 0.3) is 6.08 Å². The maximum atomic E-state index is 2.40. The van der Waals surface area contributed by atoms with Gasteiger partial charge in [-0.25, -0.2) is 0 Å². The van der Waals surface area contributed by atoms with Gasteiger partial charge in [0.25, 0.3) is 0 Å². The number of hydrogen-bond donors (Lipinski definition) is 0. The Morgan fingerprint density at radius 1 is 1.33 bits per heavy atom. The maximum Gasteiger partial charge on any atom is 0.00326 e. The minimum Gasteiger partial charge on any atom is -0.0860 e. The fourth-order valence-corrected chi connectivity index (χ4v) is 1.91. The molecule has 0 aromatic heterocycles. The molecule has 0 saturated carbocycles. The highest BCUT2D eigenvalue weighted by Crippen LogP contribution is 2.09. The summed E-state index contributed by atoms with van der Waals surface area (Å²) in [4.78, 5) is 0. The topological polar surface area (TPSA) is 0 Å². The second-order valence-corrected chi connectivity index (χ2v) is 3.92. The van der Waals surface area contributed by atoms with Crippen LogP contribution < -0.4 is 0 Å². The molecule has 0 heterocycles. The predicted molar refractivity (Wildman–Crippen MR) is 63.6 cm³/mol. The quantitative estimate of drug-likeness (QED) is 0.578. The molecule has 0 nitrogen and oxygen atoms in total. The van der Waals surface area contributed by atoms with E-state index in [-0.39, 0.29) is 0 Å². The molecule has 0 aliphatic carbocycles. The third-order valence-corrected chi connectivity index (χ3v) is 2.24. The maximum absolute atomic E-state index is 2.40. The monoisotopic (exact) mass is 272 g/mol. The SMILES string of the molecule is C/C(=C\c1ccccc1)CCI. The minimum atomic E-state index is 1.19. The van der Waals surface area contributed by atoms with Gasteiger partial charge >= 0.3 is 0 Å². The first-order valence-electron chi connectivity index (χ1n) is 4.11. The van der Waals surface area contributed by atoms with Crippen molar-refractivity contribution in [2.45, 2.75) is 13.3 Å². The average Bonchev–Trinajstić information content (AvgIpc) is 2.06. The molecule has 0 N–H and O–H groups in total. The molecule has 0 radical (unpaired) electrons. The van der Waals surface area contributed by atoms with E-state index in [1.54, 1.807) is 0 Å². The van der Waals surface area contributed by atoms with Crippen molar-refractivity contribution < 1.29 is 0 Å². The van der Waals surface area contributed by atoms with Crippen LogP contribution in [0.5, 0.6) is 0 Å². The van der Waals surface area contributed by atoms with Gasteiger partial charge in [-0.15, -0.1) is 0 Å². The Hall–Kier alpha value is -0.310. The van der Waals surface area contributed by atoms with E-state index in [1.165, 1.54) is 22.0 Å². The lowest BCUT2D eigenvalue weighted by molar-refractivity contribution is 1.15. The molecule has 0 aliphatic heterocycles. The third kappa shape index (κ3) is 3.39. The Morgan fingerprint density at radius 2 is 2.00 bits per heavy atom. The first kappa shape index (κ1) is 9.78. The van der Waals surface area contributed by atoms with Gasteiger partial charge in [0.1, 0.15) is 0 Å². The predicted octanol–water partition coefficient (Wildman–Crippen LogP) is 3.92. The van der Waals surface area contributed by atoms with Crippen molar-refractivity contribution in [1.82, 2.24) is 0 Å². The Balaban J connectivity index is 2.67. The van der Waals surface area contributed by atoms with Crippen molar-refractivity contribution in [3.63, 3.8) is 0 Å². The van der Waals surface area contributed by atoms with Gasteiger partial charge < -0.3 is 0 Å². The van der Waals surface area contributed by atoms with Crippen LogP contribution in [0.15, 0.2) is 35.9 Å². The highest BCUT2D eigenvalue weighted by Gasteiger charge is 1.88. The summed E-state index contributed by atoms with van der Waals surface area (Å²) in [7, 11) is 0. The summed E-state index contributed by atoms with van der Waals surface area (Å²) in [6.07, 6.45) is 3.44. The molecule has 1 heteroatoms. The molecule has 12 heavy (non-hydrogen) atoms. The van der Waals surface area contributed by atoms with Crippen LogP contribution in [0.1, 0.15) is 18.9 Å². The number of rotatable bonds is 3. The van der Waals surface area contributed by atoms with Crippen LogP contribution in [0.3, 0.4) is 0 Å². The largest absolute Gasteiger partial charge is 0.0860 e. The molecule has 0 atom stereocenters. The second-order valence-electron chi connectivity index (χ2n) is 2.84. The van der Waals surface area contributed by atoms with Crippen LogP contribution in [0.4, 0.5) is 0 Å². The average molecular weight is 272 g/mol. The fraction of sp³-hybridized carbons (Fsp3) is 0.273. The summed E-state index contributed by atoms with van der Waals surface area (Å²) in [6.45, 7) is 2.19. The molecule has 0 saturated heterocycles. The molecular formula is C11H13I. The van der Waals surface area contributed by atoms with Crippen molar-refractivity contribution in [1.29, 1.82) is 0 Å². The van der Waals surface area contributed by atoms with Crippen LogP contribution in [-0.4, -0.2) is 4.43 Å². The van der Waals surface area contributed by atoms with E-state index in [4.69, 9.17) is 0 Å². The van der Waals surface area contributed by atoms with Gasteiger partial charge in [-0.05, 0) is 18.9 Å². The van der Waals surface area contributed by atoms with Gasteiger partial charge in [0.05, 0.1) is 0 Å². The molecule has 0 bridgehead atoms. The van der Waals surface area contributed by atoms with E-state index in [2.05, 4.69) is 59.9 Å². The lowest BCUT2D eigenvalue weighted by Gasteiger charge is -1.97. The molecule has 1 rings (SSSR count). The zero-order valence-electron chi connectivity index (χ0n) is 7.26. The van der Waals surface area contributed by atoms with Crippen molar-refractivity contribution in [2.24, 2.45) is 0 Å². The van der Waals surface area contributed by atoms with Gasteiger partial charge in [0.2, 0.25) is 0 Å². The Bertz CT molecular complexity index is 249. The zero-order valence-corrected chi connectivity index (χ0v) is 9.41. The van der Waals surface area contributed by atoms with E-state index in [1.807, 2.05) is 6.07 Å². The first-order valence-corrected chi connectivity index (χ1v) is 5.63. The Kier molecular flexibility index (Phi) is 4.36. The normalized spacial score (nSPS) is 11.7. The van der Waals surface area contributed by atoms with Gasteiger partial charge in [0, 0.05) is 4.43 Å². The molecule has 64 valence electrons. The molecule has 1 aromatic rings. The zero-order chi connectivity index (χ0) is 8.81. The lowest BCUT2D eigenvalue weighted by atomic mass is 10.1. The summed E-state index contributed by atoms with van der Waals surface area (Å²) < 4.78 is 1.20. The highest BCUT2D eigenvalue weighted by molar-refractivity contribution is 14.1. The third-order valence-electron chi connectivity index (χ3n) is 1.70. The molecular weight excluding hydrogens is 259 g/mol. The number of alkyl halides is 1. The van der Waals surface area contributed by atoms with Crippen molar-refractivity contribution in [3.8, 4) is 0 Å². The van der Waals surface area contributed by atoms with E-state index in [9.17, 15) is 0 Å². The first-order chi connectivity index (χ1) is 5.83. The minimum absolute atomic E-state index is 1.19. The molecule has 0 fully saturated rings. The summed E-state index contributed by atoms with van der Waals surface area (Å²) in [5, 5.41) is 0. The second kappa shape index (κ2) is 5.36. The van der Waals surface area contributed by atoms with Crippen LogP contribution >= 0.6 is 22.6 Å². The molecule has 0 unspecified atom stereocenters. The smallest absolute Gasteiger partial charge is 0.00326 e. The standard InChI is InChI=1S/C11H13I/c1-10(7-8-12)9-11-5-3-2-4-6-11/h2-6,9H,7-8H2,1H3/b10-9+. The van der Waals surface area contributed by atoms with Crippen molar-refractivity contribution in [3.05, 3.63) is 41.5 Å². The van der Waals surface area contributed by atoms with Crippen molar-refractivity contribution >= 4 is 28.7 Å². The van der Waals surface area contributed by atoms with Crippen molar-refractivity contribution in [2.75, 3.05) is 4.43 Å². The molecule has 0 amide bonds. The number of hydrogen-bond acceptors (Lipinski definition) is 0. The number of benzene rings is 1. The van der Waals surface area contributed by atoms with Crippen LogP contribution in [0.2, 0.25) is 0 Å². The lowest BCUT2D eigenvalue weighted by Crippen LogP contribution is -1.78. The van der Waals surface area contributed by atoms with Gasteiger partial charge in [0.15, 0.2) is 0 Å². The van der Waals surface area contributed by atoms with Gasteiger partial charge in [-0.3, -0.25) is 0 Å². The highest BCUT2D eigenvalue weighted by atomic mass is 127. The summed E-state index contributed by atoms with van der Waals surface area (Å²) in [5.41, 5.74) is 2.76. The summed E-state index contributed by atoms with van der Waals surface area (Å²) in [6, 6.07) is 10.5. The molecule has 0 aliphatic rings. The van der Waals surface area contributed by atoms with Gasteiger partial charge in [-0.1, -0.05) is 64.6 Å². The Morgan fingerprint density at radius 3 is 2.58 bits per heavy atom. The van der Waals surface area contributed by atoms with E-state index in [0.29, 0.717) is 0 Å². The van der Waals surface area contributed by atoms with Crippen LogP contribution in [0, 0.1) is 0 Å². The Labute approximate surface area is 87.8 Å². The van der Waals surface area contributed by atoms with E-state index in [0.717, 1.165) is 0 Å². The summed E-state index contributed by atoms with van der Waals surface area (Å²) >= 11 is 2.40. The van der Waals surface area contributed by atoms with Crippen LogP contribution in [-0.2, 0) is 0 Å². The summed E-state index contributed by atoms with van der Waals surface area (Å²) in [5.74, 6) is 0. The number of allylic oxidation sites excluding steroid dienone is 1.